The molecule has 1 aliphatic carbocycles. The number of rotatable bonds is 5. The van der Waals surface area contributed by atoms with Crippen LogP contribution in [0.2, 0.25) is 0 Å². The van der Waals surface area contributed by atoms with Crippen molar-refractivity contribution in [2.75, 3.05) is 5.32 Å². The van der Waals surface area contributed by atoms with Crippen LogP contribution in [0.1, 0.15) is 48.8 Å². The van der Waals surface area contributed by atoms with Crippen LogP contribution < -0.4 is 10.6 Å². The van der Waals surface area contributed by atoms with E-state index < -0.39 is 0 Å². The minimum atomic E-state index is 0.00348. The quantitative estimate of drug-likeness (QED) is 0.832. The van der Waals surface area contributed by atoms with Gasteiger partial charge in [-0.15, -0.1) is 22.7 Å². The van der Waals surface area contributed by atoms with Gasteiger partial charge in [0.1, 0.15) is 0 Å². The van der Waals surface area contributed by atoms with Crippen molar-refractivity contribution >= 4 is 33.7 Å². The van der Waals surface area contributed by atoms with Gasteiger partial charge < -0.3 is 10.6 Å². The summed E-state index contributed by atoms with van der Waals surface area (Å²) < 4.78 is 0. The van der Waals surface area contributed by atoms with Crippen LogP contribution in [-0.2, 0) is 11.3 Å². The van der Waals surface area contributed by atoms with Gasteiger partial charge in [0, 0.05) is 22.7 Å². The number of amides is 1. The predicted octanol–water partition coefficient (Wildman–Crippen LogP) is 4.56. The Balaban J connectivity index is 1.69. The first-order chi connectivity index (χ1) is 11.1. The highest BCUT2D eigenvalue weighted by atomic mass is 32.1. The minimum absolute atomic E-state index is 0.00348. The standard InChI is InChI=1S/C17H23N3OS2/c1-11-16(15-9-8-14(23-15)10-18-12(2)21)20-17(22-11)19-13-6-4-3-5-7-13/h8-9,13H,3-7,10H2,1-2H3,(H,18,21)(H,19,20). The predicted molar refractivity (Wildman–Crippen MR) is 98.2 cm³/mol. The Morgan fingerprint density at radius 1 is 1.26 bits per heavy atom. The zero-order valence-corrected chi connectivity index (χ0v) is 15.3. The van der Waals surface area contributed by atoms with E-state index in [1.807, 2.05) is 0 Å². The Morgan fingerprint density at radius 2 is 2.04 bits per heavy atom. The highest BCUT2D eigenvalue weighted by Crippen LogP contribution is 2.35. The zero-order valence-electron chi connectivity index (χ0n) is 13.6. The molecule has 4 nitrogen and oxygen atoms in total. The zero-order chi connectivity index (χ0) is 16.2. The summed E-state index contributed by atoms with van der Waals surface area (Å²) in [6, 6.07) is 4.76. The minimum Gasteiger partial charge on any atom is -0.359 e. The molecule has 124 valence electrons. The molecule has 2 aromatic heterocycles. The number of aromatic nitrogens is 1. The second-order valence-electron chi connectivity index (χ2n) is 6.08. The Kier molecular flexibility index (Phi) is 5.33. The van der Waals surface area contributed by atoms with E-state index >= 15 is 0 Å². The molecule has 2 N–H and O–H groups in total. The van der Waals surface area contributed by atoms with Crippen LogP contribution >= 0.6 is 22.7 Å². The first kappa shape index (κ1) is 16.5. The van der Waals surface area contributed by atoms with E-state index in [1.54, 1.807) is 29.6 Å². The number of carbonyl (C=O) groups excluding carboxylic acids is 1. The molecular weight excluding hydrogens is 326 g/mol. The van der Waals surface area contributed by atoms with Crippen LogP contribution in [0, 0.1) is 6.92 Å². The molecule has 0 atom stereocenters. The Labute approximate surface area is 145 Å². The lowest BCUT2D eigenvalue weighted by Crippen LogP contribution is -2.21. The van der Waals surface area contributed by atoms with Crippen LogP contribution in [-0.4, -0.2) is 16.9 Å². The fraction of sp³-hybridized carbons (Fsp3) is 0.529. The van der Waals surface area contributed by atoms with Crippen LogP contribution in [0.15, 0.2) is 12.1 Å². The van der Waals surface area contributed by atoms with E-state index in [-0.39, 0.29) is 5.91 Å². The summed E-state index contributed by atoms with van der Waals surface area (Å²) in [5.41, 5.74) is 1.08. The summed E-state index contributed by atoms with van der Waals surface area (Å²) in [6.45, 7) is 4.27. The van der Waals surface area contributed by atoms with E-state index in [4.69, 9.17) is 4.98 Å². The van der Waals surface area contributed by atoms with E-state index in [2.05, 4.69) is 29.7 Å². The molecule has 2 heterocycles. The molecule has 6 heteroatoms. The molecule has 1 aliphatic rings. The average molecular weight is 350 g/mol. The van der Waals surface area contributed by atoms with Crippen molar-refractivity contribution in [3.05, 3.63) is 21.9 Å². The van der Waals surface area contributed by atoms with Crippen LogP contribution in [0.3, 0.4) is 0 Å². The topological polar surface area (TPSA) is 54.0 Å². The van der Waals surface area contributed by atoms with Gasteiger partial charge in [-0.1, -0.05) is 19.3 Å². The second kappa shape index (κ2) is 7.45. The van der Waals surface area contributed by atoms with Crippen molar-refractivity contribution in [2.45, 2.75) is 58.5 Å². The van der Waals surface area contributed by atoms with Gasteiger partial charge in [-0.25, -0.2) is 4.98 Å². The number of aryl methyl sites for hydroxylation is 1. The molecule has 0 spiro atoms. The third-order valence-electron chi connectivity index (χ3n) is 4.14. The molecule has 1 saturated carbocycles. The van der Waals surface area contributed by atoms with Gasteiger partial charge in [0.05, 0.1) is 17.1 Å². The van der Waals surface area contributed by atoms with Crippen LogP contribution in [0.25, 0.3) is 10.6 Å². The lowest BCUT2D eigenvalue weighted by atomic mass is 9.96. The smallest absolute Gasteiger partial charge is 0.217 e. The van der Waals surface area contributed by atoms with E-state index in [0.717, 1.165) is 15.7 Å². The molecule has 1 fully saturated rings. The van der Waals surface area contributed by atoms with Gasteiger partial charge >= 0.3 is 0 Å². The van der Waals surface area contributed by atoms with Gasteiger partial charge in [0.15, 0.2) is 5.13 Å². The Hall–Kier alpha value is -1.40. The van der Waals surface area contributed by atoms with Crippen molar-refractivity contribution in [2.24, 2.45) is 0 Å². The normalized spacial score (nSPS) is 15.6. The maximum Gasteiger partial charge on any atom is 0.217 e. The summed E-state index contributed by atoms with van der Waals surface area (Å²) in [5, 5.41) is 7.50. The summed E-state index contributed by atoms with van der Waals surface area (Å²) in [5.74, 6) is 0.00348. The van der Waals surface area contributed by atoms with E-state index in [1.165, 1.54) is 41.9 Å². The highest BCUT2D eigenvalue weighted by Gasteiger charge is 2.17. The number of carbonyl (C=O) groups is 1. The van der Waals surface area contributed by atoms with Crippen molar-refractivity contribution < 1.29 is 4.79 Å². The molecule has 1 amide bonds. The number of hydrogen-bond donors (Lipinski definition) is 2. The summed E-state index contributed by atoms with van der Waals surface area (Å²) in [7, 11) is 0. The first-order valence-corrected chi connectivity index (χ1v) is 9.82. The molecule has 0 radical (unpaired) electrons. The van der Waals surface area contributed by atoms with E-state index in [9.17, 15) is 4.79 Å². The van der Waals surface area contributed by atoms with E-state index in [0.29, 0.717) is 12.6 Å². The highest BCUT2D eigenvalue weighted by molar-refractivity contribution is 7.18. The van der Waals surface area contributed by atoms with Gasteiger partial charge in [-0.3, -0.25) is 4.79 Å². The molecule has 2 aromatic rings. The molecular formula is C17H23N3OS2. The van der Waals surface area contributed by atoms with Crippen molar-refractivity contribution in [1.82, 2.24) is 10.3 Å². The largest absolute Gasteiger partial charge is 0.359 e. The monoisotopic (exact) mass is 349 g/mol. The number of thiazole rings is 1. The average Bonchev–Trinajstić information content (AvgIpc) is 3.13. The molecule has 0 unspecified atom stereocenters. The molecule has 23 heavy (non-hydrogen) atoms. The number of nitrogens with zero attached hydrogens (tertiary/aromatic N) is 1. The summed E-state index contributed by atoms with van der Waals surface area (Å²) >= 11 is 3.45. The lowest BCUT2D eigenvalue weighted by molar-refractivity contribution is -0.119. The summed E-state index contributed by atoms with van der Waals surface area (Å²) in [4.78, 5) is 19.4. The molecule has 0 aromatic carbocycles. The third-order valence-corrected chi connectivity index (χ3v) is 6.13. The maximum absolute atomic E-state index is 11.0. The van der Waals surface area contributed by atoms with Crippen molar-refractivity contribution in [1.29, 1.82) is 0 Å². The fourth-order valence-electron chi connectivity index (χ4n) is 2.92. The lowest BCUT2D eigenvalue weighted by Gasteiger charge is -2.22. The van der Waals surface area contributed by atoms with Gasteiger partial charge in [-0.2, -0.15) is 0 Å². The van der Waals surface area contributed by atoms with Crippen molar-refractivity contribution in [3.63, 3.8) is 0 Å². The van der Waals surface area contributed by atoms with Gasteiger partial charge in [0.2, 0.25) is 5.91 Å². The molecule has 0 saturated heterocycles. The fourth-order valence-corrected chi connectivity index (χ4v) is 4.88. The number of anilines is 1. The second-order valence-corrected chi connectivity index (χ2v) is 8.45. The maximum atomic E-state index is 11.0. The molecule has 0 aliphatic heterocycles. The molecule has 0 bridgehead atoms. The third kappa shape index (κ3) is 4.32. The Bertz CT molecular complexity index is 671. The first-order valence-electron chi connectivity index (χ1n) is 8.19. The number of nitrogens with one attached hydrogen (secondary N) is 2. The number of thiophene rings is 1. The molecule has 3 rings (SSSR count). The number of hydrogen-bond acceptors (Lipinski definition) is 5. The summed E-state index contributed by atoms with van der Waals surface area (Å²) in [6.07, 6.45) is 6.53. The van der Waals surface area contributed by atoms with Gasteiger partial charge in [0.25, 0.3) is 0 Å². The van der Waals surface area contributed by atoms with Gasteiger partial charge in [-0.05, 0) is 31.9 Å². The Morgan fingerprint density at radius 3 is 2.78 bits per heavy atom. The van der Waals surface area contributed by atoms with Crippen molar-refractivity contribution in [3.8, 4) is 10.6 Å². The van der Waals surface area contributed by atoms with Crippen LogP contribution in [0.5, 0.6) is 0 Å². The SMILES string of the molecule is CC(=O)NCc1ccc(-c2nc(NC3CCCCC3)sc2C)s1. The van der Waals surface area contributed by atoms with Crippen LogP contribution in [0.4, 0.5) is 5.13 Å².